The first-order chi connectivity index (χ1) is 30.9. The van der Waals surface area contributed by atoms with E-state index >= 15 is 9.59 Å². The van der Waals surface area contributed by atoms with Gasteiger partial charge < -0.3 is 14.7 Å². The molecule has 0 aromatic heterocycles. The summed E-state index contributed by atoms with van der Waals surface area (Å²) in [6.45, 7) is 3.89. The number of aromatic hydroxyl groups is 1. The van der Waals surface area contributed by atoms with Crippen molar-refractivity contribution in [3.63, 3.8) is 0 Å². The van der Waals surface area contributed by atoms with E-state index in [9.17, 15) is 14.7 Å². The molecule has 1 saturated carbocycles. The Morgan fingerprint density at radius 1 is 0.875 bits per heavy atom. The van der Waals surface area contributed by atoms with E-state index in [2.05, 4.69) is 22.2 Å². The minimum Gasteiger partial charge on any atom is -0.507 e. The monoisotopic (exact) mass is 894 g/mol. The largest absolute Gasteiger partial charge is 0.507 e. The molecule has 2 aliphatic heterocycles. The summed E-state index contributed by atoms with van der Waals surface area (Å²) >= 11 is 12.8. The second-order valence-electron chi connectivity index (χ2n) is 16.7. The minimum atomic E-state index is -1.64. The number of allylic oxidation sites excluding steroid dienone is 3. The van der Waals surface area contributed by atoms with Gasteiger partial charge in [0.15, 0.2) is 0 Å². The number of halogens is 2. The topological polar surface area (TPSA) is 144 Å². The Labute approximate surface area is 380 Å². The number of hydrogen-bond acceptors (Lipinski definition) is 10. The van der Waals surface area contributed by atoms with Gasteiger partial charge in [-0.2, -0.15) is 15.2 Å². The Kier molecular flexibility index (Phi) is 11.1. The van der Waals surface area contributed by atoms with Crippen LogP contribution in [0.2, 0.25) is 10.0 Å². The number of carbonyl (C=O) groups excluding carboxylic acids is 4. The maximum atomic E-state index is 15.6. The summed E-state index contributed by atoms with van der Waals surface area (Å²) < 4.78 is 5.51. The minimum absolute atomic E-state index is 0.0478. The van der Waals surface area contributed by atoms with Crippen molar-refractivity contribution in [2.45, 2.75) is 30.6 Å². The smallest absolute Gasteiger partial charge is 0.260 e. The van der Waals surface area contributed by atoms with E-state index in [0.717, 1.165) is 10.7 Å². The number of benzene rings is 5. The predicted molar refractivity (Wildman–Crippen MR) is 247 cm³/mol. The molecular weight excluding hydrogens is 851 g/mol. The number of phenolic OH excluding ortho intramolecular Hbond substituents is 1. The first-order valence-electron chi connectivity index (χ1n) is 20.9. The maximum absolute atomic E-state index is 15.6. The number of rotatable bonds is 11. The average molecular weight is 896 g/mol. The number of anilines is 3. The van der Waals surface area contributed by atoms with E-state index in [0.29, 0.717) is 56.5 Å². The lowest BCUT2D eigenvalue weighted by atomic mass is 9.49. The fourth-order valence-electron chi connectivity index (χ4n) is 10.2. The summed E-state index contributed by atoms with van der Waals surface area (Å²) in [6.07, 6.45) is 4.22. The lowest BCUT2D eigenvalue weighted by Gasteiger charge is -2.50. The fourth-order valence-corrected chi connectivity index (χ4v) is 10.7. The Balaban J connectivity index is 1.13. The van der Waals surface area contributed by atoms with Gasteiger partial charge in [-0.15, -0.1) is 6.58 Å². The molecule has 4 aliphatic rings. The van der Waals surface area contributed by atoms with Gasteiger partial charge in [0.05, 0.1) is 58.1 Å². The SMILES string of the molecule is C=CCc1cccc([C@H]2C3=CC[C@@H]4C(=O)N(c5ccc(N=Nc6ccc(N(C)C)cc6)cc5)C(=O)[C@@H]4[C@@H]3C[C@H]3C(=O)N(Nc4ccc(Cl)cc4Cl)C(=O)[C@@]23c2ccc(OC)cc2)c1O. The third-order valence-corrected chi connectivity index (χ3v) is 13.7. The molecule has 3 fully saturated rings. The molecule has 14 heteroatoms. The standard InChI is InChI=1S/C50H44Cl2N6O6/c1-5-7-28-8-6-9-38(45(28)59)44-36-23-24-37-43(48(62)57(46(37)60)34-19-15-32(16-20-34)54-53-31-13-17-33(18-14-31)56(2)3)39(36)27-40-47(61)58(55-42-25-12-30(51)26-41(42)52)49(63)50(40,44)29-10-21-35(64-4)22-11-29/h5-6,8-23,25-26,37,39-40,43-44,55,59H,1,7,24,27H2,2-4H3/t37-,39+,40-,43-,44+,50+/m0/s1. The summed E-state index contributed by atoms with van der Waals surface area (Å²) in [5.41, 5.74) is 6.47. The van der Waals surface area contributed by atoms with Crippen molar-refractivity contribution in [2.24, 2.45) is 33.9 Å². The molecule has 5 aromatic rings. The maximum Gasteiger partial charge on any atom is 0.260 e. The van der Waals surface area contributed by atoms with Crippen LogP contribution < -0.4 is 20.0 Å². The first-order valence-corrected chi connectivity index (χ1v) is 21.7. The fraction of sp³-hybridized carbons (Fsp3) is 0.240. The number of nitrogens with zero attached hydrogens (tertiary/aromatic N) is 5. The average Bonchev–Trinajstić information content (AvgIpc) is 3.68. The number of hydrogen-bond donors (Lipinski definition) is 2. The van der Waals surface area contributed by atoms with Crippen molar-refractivity contribution in [3.8, 4) is 11.5 Å². The highest BCUT2D eigenvalue weighted by Crippen LogP contribution is 2.65. The number of para-hydroxylation sites is 1. The van der Waals surface area contributed by atoms with Crippen molar-refractivity contribution >= 4 is 75.3 Å². The molecule has 324 valence electrons. The highest BCUT2D eigenvalue weighted by molar-refractivity contribution is 6.36. The lowest BCUT2D eigenvalue weighted by molar-refractivity contribution is -0.138. The molecule has 2 N–H and O–H groups in total. The number of methoxy groups -OCH3 is 1. The third-order valence-electron chi connectivity index (χ3n) is 13.2. The summed E-state index contributed by atoms with van der Waals surface area (Å²) in [4.78, 5) is 63.3. The quantitative estimate of drug-likeness (QED) is 0.0758. The summed E-state index contributed by atoms with van der Waals surface area (Å²) in [6, 6.07) is 31.5. The van der Waals surface area contributed by atoms with Gasteiger partial charge >= 0.3 is 0 Å². The van der Waals surface area contributed by atoms with Crippen molar-refractivity contribution in [3.05, 3.63) is 160 Å². The van der Waals surface area contributed by atoms with E-state index in [4.69, 9.17) is 27.9 Å². The zero-order valence-corrected chi connectivity index (χ0v) is 36.8. The van der Waals surface area contributed by atoms with Crippen LogP contribution in [0.15, 0.2) is 144 Å². The molecule has 64 heavy (non-hydrogen) atoms. The highest BCUT2D eigenvalue weighted by Gasteiger charge is 2.70. The van der Waals surface area contributed by atoms with Crippen LogP contribution in [0.4, 0.5) is 28.4 Å². The normalized spacial score (nSPS) is 23.8. The number of amides is 4. The molecule has 2 aliphatic carbocycles. The molecular formula is C50H44Cl2N6O6. The van der Waals surface area contributed by atoms with Crippen molar-refractivity contribution < 1.29 is 29.0 Å². The molecule has 4 amide bonds. The zero-order chi connectivity index (χ0) is 45.0. The van der Waals surface area contributed by atoms with Crippen molar-refractivity contribution in [1.82, 2.24) is 5.01 Å². The van der Waals surface area contributed by atoms with Crippen LogP contribution in [0.25, 0.3) is 0 Å². The van der Waals surface area contributed by atoms with E-state index in [1.807, 2.05) is 49.3 Å². The predicted octanol–water partition coefficient (Wildman–Crippen LogP) is 10.1. The van der Waals surface area contributed by atoms with Gasteiger partial charge in [-0.1, -0.05) is 71.3 Å². The van der Waals surface area contributed by atoms with Crippen LogP contribution in [0, 0.1) is 23.7 Å². The zero-order valence-electron chi connectivity index (χ0n) is 35.2. The summed E-state index contributed by atoms with van der Waals surface area (Å²) in [5, 5.41) is 22.5. The van der Waals surface area contributed by atoms with Crippen molar-refractivity contribution in [2.75, 3.05) is 36.4 Å². The molecule has 0 spiro atoms. The number of imide groups is 2. The Morgan fingerprint density at radius 3 is 2.20 bits per heavy atom. The van der Waals surface area contributed by atoms with Crippen molar-refractivity contribution in [1.29, 1.82) is 0 Å². The number of nitrogens with one attached hydrogen (secondary N) is 1. The lowest BCUT2D eigenvalue weighted by Crippen LogP contribution is -2.53. The summed E-state index contributed by atoms with van der Waals surface area (Å²) in [7, 11) is 5.46. The molecule has 6 atom stereocenters. The van der Waals surface area contributed by atoms with Crippen LogP contribution in [0.1, 0.15) is 35.4 Å². The number of ether oxygens (including phenoxy) is 1. The molecule has 0 unspecified atom stereocenters. The van der Waals surface area contributed by atoms with E-state index < -0.39 is 52.7 Å². The molecule has 12 nitrogen and oxygen atoms in total. The second kappa shape index (κ2) is 16.7. The van der Waals surface area contributed by atoms with Crippen LogP contribution >= 0.6 is 23.2 Å². The Morgan fingerprint density at radius 2 is 1.56 bits per heavy atom. The number of fused-ring (bicyclic) bond motifs is 4. The Hall–Kier alpha value is -6.76. The number of azo groups is 1. The highest BCUT2D eigenvalue weighted by atomic mass is 35.5. The second-order valence-corrected chi connectivity index (χ2v) is 17.5. The number of carbonyl (C=O) groups is 4. The van der Waals surface area contributed by atoms with E-state index in [-0.39, 0.29) is 35.2 Å². The molecule has 5 aromatic carbocycles. The van der Waals surface area contributed by atoms with Gasteiger partial charge in [-0.25, -0.2) is 0 Å². The third kappa shape index (κ3) is 6.92. The molecule has 2 heterocycles. The Bertz CT molecular complexity index is 2770. The van der Waals surface area contributed by atoms with Crippen LogP contribution in [-0.4, -0.2) is 54.9 Å². The van der Waals surface area contributed by atoms with Gasteiger partial charge in [-0.3, -0.25) is 29.5 Å². The molecule has 0 radical (unpaired) electrons. The number of phenols is 1. The van der Waals surface area contributed by atoms with Gasteiger partial charge in [0, 0.05) is 36.3 Å². The number of hydrazine groups is 1. The van der Waals surface area contributed by atoms with Crippen LogP contribution in [-0.2, 0) is 31.0 Å². The molecule has 9 rings (SSSR count). The molecule has 0 bridgehead atoms. The van der Waals surface area contributed by atoms with Gasteiger partial charge in [0.2, 0.25) is 11.8 Å². The van der Waals surface area contributed by atoms with Crippen LogP contribution in [0.5, 0.6) is 11.5 Å². The van der Waals surface area contributed by atoms with Crippen LogP contribution in [0.3, 0.4) is 0 Å². The van der Waals surface area contributed by atoms with E-state index in [1.54, 1.807) is 84.9 Å². The molecule has 2 saturated heterocycles. The van der Waals surface area contributed by atoms with Gasteiger partial charge in [0.1, 0.15) is 11.5 Å². The van der Waals surface area contributed by atoms with Gasteiger partial charge in [0.25, 0.3) is 11.8 Å². The van der Waals surface area contributed by atoms with E-state index in [1.165, 1.54) is 18.1 Å². The summed E-state index contributed by atoms with van der Waals surface area (Å²) in [5.74, 6) is -5.66. The first kappa shape index (κ1) is 42.5. The van der Waals surface area contributed by atoms with Gasteiger partial charge in [-0.05, 0) is 115 Å².